The second kappa shape index (κ2) is 5.81. The van der Waals surface area contributed by atoms with Crippen molar-refractivity contribution in [1.82, 2.24) is 0 Å². The van der Waals surface area contributed by atoms with Crippen LogP contribution in [0.25, 0.3) is 0 Å². The van der Waals surface area contributed by atoms with E-state index in [9.17, 15) is 5.11 Å². The minimum atomic E-state index is -0.448. The molecule has 3 unspecified atom stereocenters. The van der Waals surface area contributed by atoms with E-state index < -0.39 is 5.79 Å². The van der Waals surface area contributed by atoms with Gasteiger partial charge in [-0.3, -0.25) is 0 Å². The van der Waals surface area contributed by atoms with Crippen molar-refractivity contribution in [2.45, 2.75) is 84.0 Å². The Morgan fingerprint density at radius 2 is 1.88 bits per heavy atom. The van der Waals surface area contributed by atoms with Crippen LogP contribution in [0.4, 0.5) is 0 Å². The van der Waals surface area contributed by atoms with Gasteiger partial charge in [-0.2, -0.15) is 0 Å². The Kier molecular flexibility index (Phi) is 3.96. The summed E-state index contributed by atoms with van der Waals surface area (Å²) in [5, 5.41) is 11.4. The van der Waals surface area contributed by atoms with Gasteiger partial charge in [-0.05, 0) is 79.1 Å². The fourth-order valence-corrected chi connectivity index (χ4v) is 8.28. The maximum atomic E-state index is 11.4. The van der Waals surface area contributed by atoms with Crippen LogP contribution >= 0.6 is 0 Å². The van der Waals surface area contributed by atoms with Crippen LogP contribution in [0.1, 0.15) is 72.1 Å². The zero-order valence-corrected chi connectivity index (χ0v) is 16.8. The van der Waals surface area contributed by atoms with Gasteiger partial charge in [0.25, 0.3) is 0 Å². The van der Waals surface area contributed by atoms with Gasteiger partial charge < -0.3 is 14.6 Å². The highest BCUT2D eigenvalue weighted by Gasteiger charge is 2.62. The van der Waals surface area contributed by atoms with Crippen LogP contribution in [0.15, 0.2) is 11.6 Å². The normalized spacial score (nSPS) is 52.3. The van der Waals surface area contributed by atoms with E-state index in [4.69, 9.17) is 9.47 Å². The summed E-state index contributed by atoms with van der Waals surface area (Å²) in [4.78, 5) is 0. The zero-order chi connectivity index (χ0) is 18.2. The Morgan fingerprint density at radius 3 is 2.62 bits per heavy atom. The van der Waals surface area contributed by atoms with Crippen molar-refractivity contribution in [3.05, 3.63) is 11.6 Å². The molecule has 4 fully saturated rings. The number of allylic oxidation sites excluding steroid dienone is 1. The molecule has 0 radical (unpaired) electrons. The van der Waals surface area contributed by atoms with Gasteiger partial charge in [-0.1, -0.05) is 32.8 Å². The highest BCUT2D eigenvalue weighted by Crippen LogP contribution is 2.67. The Morgan fingerprint density at radius 1 is 1.12 bits per heavy atom. The highest BCUT2D eigenvalue weighted by molar-refractivity contribution is 5.28. The van der Waals surface area contributed by atoms with Crippen LogP contribution in [0.5, 0.6) is 0 Å². The van der Waals surface area contributed by atoms with Crippen LogP contribution in [-0.2, 0) is 9.47 Å². The summed E-state index contributed by atoms with van der Waals surface area (Å²) in [5.74, 6) is 2.30. The number of fused-ring (bicyclic) bond motifs is 5. The molecule has 5 aliphatic rings. The molecule has 1 saturated heterocycles. The minimum Gasteiger partial charge on any atom is -0.393 e. The quantitative estimate of drug-likeness (QED) is 0.690. The molecule has 7 atom stereocenters. The molecule has 4 aliphatic carbocycles. The number of aliphatic hydroxyl groups is 1. The van der Waals surface area contributed by atoms with Gasteiger partial charge in [0, 0.05) is 6.42 Å². The van der Waals surface area contributed by atoms with Gasteiger partial charge in [0.1, 0.15) is 0 Å². The number of hydrogen-bond donors (Lipinski definition) is 1. The fraction of sp³-hybridized carbons (Fsp3) is 0.913. The summed E-state index contributed by atoms with van der Waals surface area (Å²) < 4.78 is 12.0. The van der Waals surface area contributed by atoms with Crippen molar-refractivity contribution in [2.24, 2.45) is 34.5 Å². The average molecular weight is 361 g/mol. The average Bonchev–Trinajstić information content (AvgIpc) is 3.19. The molecule has 1 N–H and O–H groups in total. The molecule has 0 amide bonds. The fourth-order valence-electron chi connectivity index (χ4n) is 8.28. The second-order valence-electron chi connectivity index (χ2n) is 10.4. The van der Waals surface area contributed by atoms with E-state index >= 15 is 0 Å². The molecule has 3 heteroatoms. The van der Waals surface area contributed by atoms with Crippen molar-refractivity contribution in [1.29, 1.82) is 0 Å². The van der Waals surface area contributed by atoms with Gasteiger partial charge in [-0.25, -0.2) is 0 Å². The number of rotatable bonds is 1. The first kappa shape index (κ1) is 17.7. The van der Waals surface area contributed by atoms with Crippen LogP contribution < -0.4 is 0 Å². The van der Waals surface area contributed by atoms with Gasteiger partial charge in [0.05, 0.1) is 19.3 Å². The Hall–Kier alpha value is -0.380. The molecule has 3 nitrogen and oxygen atoms in total. The summed E-state index contributed by atoms with van der Waals surface area (Å²) in [5.41, 5.74) is 2.01. The van der Waals surface area contributed by atoms with Crippen molar-refractivity contribution < 1.29 is 14.6 Å². The van der Waals surface area contributed by atoms with E-state index in [1.807, 2.05) is 0 Å². The molecule has 1 spiro atoms. The molecule has 0 aromatic rings. The van der Waals surface area contributed by atoms with E-state index in [1.54, 1.807) is 0 Å². The standard InChI is InChI=1S/C23H36O3/c1-4-15-6-8-18-17-7-5-16-13-23(25-11-12-26-23)10-9-21(16,2)20(17)19(24)14-22(15,18)3/h13,15,17-20,24H,4-12,14H2,1-3H3/t15-,17?,18?,19-,20?,21-,22+/m0/s1. The second-order valence-corrected chi connectivity index (χ2v) is 10.4. The van der Waals surface area contributed by atoms with Gasteiger partial charge in [0.2, 0.25) is 0 Å². The maximum absolute atomic E-state index is 11.4. The Labute approximate surface area is 158 Å². The number of aliphatic hydroxyl groups excluding tert-OH is 1. The Balaban J connectivity index is 1.49. The van der Waals surface area contributed by atoms with Crippen molar-refractivity contribution >= 4 is 0 Å². The minimum absolute atomic E-state index is 0.133. The third-order valence-corrected chi connectivity index (χ3v) is 9.52. The van der Waals surface area contributed by atoms with Crippen LogP contribution in [0.3, 0.4) is 0 Å². The molecule has 0 bridgehead atoms. The maximum Gasteiger partial charge on any atom is 0.188 e. The summed E-state index contributed by atoms with van der Waals surface area (Å²) in [6.07, 6.45) is 11.7. The molecule has 26 heavy (non-hydrogen) atoms. The van der Waals surface area contributed by atoms with Gasteiger partial charge in [-0.15, -0.1) is 0 Å². The van der Waals surface area contributed by atoms with Crippen molar-refractivity contribution in [2.75, 3.05) is 13.2 Å². The number of ether oxygens (including phenoxy) is 2. The predicted octanol–water partition coefficient (Wildman–Crippen LogP) is 4.69. The molecule has 146 valence electrons. The first-order valence-electron chi connectivity index (χ1n) is 11.1. The summed E-state index contributed by atoms with van der Waals surface area (Å²) in [6, 6.07) is 0. The van der Waals surface area contributed by atoms with Gasteiger partial charge in [0.15, 0.2) is 5.79 Å². The van der Waals surface area contributed by atoms with Gasteiger partial charge >= 0.3 is 0 Å². The topological polar surface area (TPSA) is 38.7 Å². The molecule has 0 aromatic carbocycles. The lowest BCUT2D eigenvalue weighted by Crippen LogP contribution is -2.57. The summed E-state index contributed by atoms with van der Waals surface area (Å²) in [7, 11) is 0. The molecule has 1 aliphatic heterocycles. The predicted molar refractivity (Wildman–Crippen MR) is 102 cm³/mol. The largest absolute Gasteiger partial charge is 0.393 e. The highest BCUT2D eigenvalue weighted by atomic mass is 16.7. The molecule has 5 rings (SSSR count). The van der Waals surface area contributed by atoms with Crippen LogP contribution in [0.2, 0.25) is 0 Å². The Bertz CT molecular complexity index is 607. The van der Waals surface area contributed by atoms with Crippen molar-refractivity contribution in [3.8, 4) is 0 Å². The summed E-state index contributed by atoms with van der Waals surface area (Å²) >= 11 is 0. The van der Waals surface area contributed by atoms with Crippen LogP contribution in [0, 0.1) is 34.5 Å². The third-order valence-electron chi connectivity index (χ3n) is 9.52. The molecular formula is C23H36O3. The van der Waals surface area contributed by atoms with E-state index in [1.165, 1.54) is 37.7 Å². The zero-order valence-electron chi connectivity index (χ0n) is 16.8. The molecule has 3 saturated carbocycles. The molecule has 0 aromatic heterocycles. The molecular weight excluding hydrogens is 324 g/mol. The van der Waals surface area contributed by atoms with Crippen molar-refractivity contribution in [3.63, 3.8) is 0 Å². The lowest BCUT2D eigenvalue weighted by molar-refractivity contribution is -0.162. The van der Waals surface area contributed by atoms with Crippen LogP contribution in [-0.4, -0.2) is 30.2 Å². The third kappa shape index (κ3) is 2.23. The van der Waals surface area contributed by atoms with E-state index in [0.717, 1.165) is 31.1 Å². The first-order valence-corrected chi connectivity index (χ1v) is 11.1. The SMILES string of the molecule is CC[C@H]1CCC2C3CCC4=CC5(CC[C@]4(C)C3[C@@H](O)C[C@@]21C)OCCO5. The van der Waals surface area contributed by atoms with E-state index in [2.05, 4.69) is 26.8 Å². The lowest BCUT2D eigenvalue weighted by Gasteiger charge is -2.60. The monoisotopic (exact) mass is 360 g/mol. The first-order chi connectivity index (χ1) is 12.4. The lowest BCUT2D eigenvalue weighted by atomic mass is 9.45. The number of hydrogen-bond acceptors (Lipinski definition) is 3. The van der Waals surface area contributed by atoms with E-state index in [0.29, 0.717) is 30.5 Å². The smallest absolute Gasteiger partial charge is 0.188 e. The summed E-state index contributed by atoms with van der Waals surface area (Å²) in [6.45, 7) is 8.72. The molecule has 1 heterocycles. The van der Waals surface area contributed by atoms with E-state index in [-0.39, 0.29) is 11.5 Å².